The summed E-state index contributed by atoms with van der Waals surface area (Å²) in [6.07, 6.45) is 0. The Bertz CT molecular complexity index is 942. The van der Waals surface area contributed by atoms with Crippen LogP contribution in [0.15, 0.2) is 48.5 Å². The van der Waals surface area contributed by atoms with Gasteiger partial charge in [-0.05, 0) is 19.1 Å². The van der Waals surface area contributed by atoms with Crippen LogP contribution in [0, 0.1) is 12.8 Å². The number of hydrogen-bond acceptors (Lipinski definition) is 4. The monoisotopic (exact) mass is 365 g/mol. The summed E-state index contributed by atoms with van der Waals surface area (Å²) in [6, 6.07) is 14.9. The highest BCUT2D eigenvalue weighted by Crippen LogP contribution is 2.32. The summed E-state index contributed by atoms with van der Waals surface area (Å²) in [5.74, 6) is 0.490. The van der Waals surface area contributed by atoms with Crippen LogP contribution in [0.1, 0.15) is 27.9 Å². The molecule has 27 heavy (non-hydrogen) atoms. The summed E-state index contributed by atoms with van der Waals surface area (Å²) in [6.45, 7) is 2.06. The molecular formula is C20H20FN5O. The van der Waals surface area contributed by atoms with E-state index in [1.807, 2.05) is 43.3 Å². The van der Waals surface area contributed by atoms with E-state index in [2.05, 4.69) is 20.2 Å². The Hall–Kier alpha value is -3.09. The van der Waals surface area contributed by atoms with E-state index in [0.29, 0.717) is 30.4 Å². The van der Waals surface area contributed by atoms with Crippen molar-refractivity contribution in [2.24, 2.45) is 5.92 Å². The quantitative estimate of drug-likeness (QED) is 0.771. The Kier molecular flexibility index (Phi) is 4.66. The minimum absolute atomic E-state index is 0.178. The van der Waals surface area contributed by atoms with Gasteiger partial charge in [0, 0.05) is 36.2 Å². The first-order valence-corrected chi connectivity index (χ1v) is 8.92. The number of nitrogens with one attached hydrogen (secondary N) is 1. The molecule has 0 unspecified atom stereocenters. The number of benzene rings is 1. The molecule has 0 saturated carbocycles. The lowest BCUT2D eigenvalue weighted by Gasteiger charge is -2.15. The molecule has 1 aromatic carbocycles. The number of alkyl halides is 1. The van der Waals surface area contributed by atoms with Gasteiger partial charge in [-0.2, -0.15) is 5.10 Å². The van der Waals surface area contributed by atoms with E-state index in [4.69, 9.17) is 0 Å². The van der Waals surface area contributed by atoms with Gasteiger partial charge < -0.3 is 4.90 Å². The van der Waals surface area contributed by atoms with Crippen molar-refractivity contribution >= 4 is 5.91 Å². The number of rotatable bonds is 4. The molecule has 6 nitrogen and oxygen atoms in total. The zero-order chi connectivity index (χ0) is 18.8. The SMILES string of the molecule is Cc1cccc(C(=O)N2C[C@@H](CF)[C@H](c3nc(-c4ccccc4)n[nH]3)C2)n1. The third kappa shape index (κ3) is 3.45. The smallest absolute Gasteiger partial charge is 0.272 e. The van der Waals surface area contributed by atoms with Gasteiger partial charge in [-0.1, -0.05) is 36.4 Å². The molecule has 0 radical (unpaired) electrons. The number of halogens is 1. The van der Waals surface area contributed by atoms with Crippen molar-refractivity contribution in [3.05, 3.63) is 65.7 Å². The lowest BCUT2D eigenvalue weighted by Crippen LogP contribution is -2.30. The Balaban J connectivity index is 1.55. The topological polar surface area (TPSA) is 74.8 Å². The van der Waals surface area contributed by atoms with Crippen molar-refractivity contribution in [3.8, 4) is 11.4 Å². The van der Waals surface area contributed by atoms with Gasteiger partial charge in [0.2, 0.25) is 0 Å². The molecule has 4 rings (SSSR count). The van der Waals surface area contributed by atoms with Crippen LogP contribution >= 0.6 is 0 Å². The van der Waals surface area contributed by atoms with Crippen molar-refractivity contribution in [2.45, 2.75) is 12.8 Å². The normalized spacial score (nSPS) is 19.4. The molecule has 0 bridgehead atoms. The number of carbonyl (C=O) groups excluding carboxylic acids is 1. The predicted molar refractivity (Wildman–Crippen MR) is 98.9 cm³/mol. The maximum absolute atomic E-state index is 13.7. The number of H-pyrrole nitrogens is 1. The minimum Gasteiger partial charge on any atom is -0.336 e. The van der Waals surface area contributed by atoms with Crippen LogP contribution in [-0.2, 0) is 0 Å². The van der Waals surface area contributed by atoms with Crippen LogP contribution in [0.5, 0.6) is 0 Å². The van der Waals surface area contributed by atoms with Crippen molar-refractivity contribution in [3.63, 3.8) is 0 Å². The summed E-state index contributed by atoms with van der Waals surface area (Å²) < 4.78 is 13.7. The summed E-state index contributed by atoms with van der Waals surface area (Å²) in [4.78, 5) is 23.3. The number of nitrogens with zero attached hydrogens (tertiary/aromatic N) is 4. The van der Waals surface area contributed by atoms with E-state index in [-0.39, 0.29) is 17.7 Å². The van der Waals surface area contributed by atoms with Crippen molar-refractivity contribution in [1.82, 2.24) is 25.1 Å². The van der Waals surface area contributed by atoms with Crippen molar-refractivity contribution in [1.29, 1.82) is 0 Å². The number of likely N-dealkylation sites (tertiary alicyclic amines) is 1. The number of aromatic amines is 1. The van der Waals surface area contributed by atoms with Crippen LogP contribution in [0.25, 0.3) is 11.4 Å². The molecule has 1 aliphatic rings. The number of hydrogen-bond donors (Lipinski definition) is 1. The highest BCUT2D eigenvalue weighted by atomic mass is 19.1. The van der Waals surface area contributed by atoms with Crippen molar-refractivity contribution in [2.75, 3.05) is 19.8 Å². The molecular weight excluding hydrogens is 345 g/mol. The average molecular weight is 365 g/mol. The number of aromatic nitrogens is 4. The van der Waals surface area contributed by atoms with Gasteiger partial charge >= 0.3 is 0 Å². The van der Waals surface area contributed by atoms with E-state index >= 15 is 0 Å². The van der Waals surface area contributed by atoms with E-state index in [1.54, 1.807) is 17.0 Å². The molecule has 7 heteroatoms. The molecule has 1 fully saturated rings. The fraction of sp³-hybridized carbons (Fsp3) is 0.300. The molecule has 0 spiro atoms. The largest absolute Gasteiger partial charge is 0.336 e. The van der Waals surface area contributed by atoms with Crippen LogP contribution in [0.3, 0.4) is 0 Å². The Morgan fingerprint density at radius 3 is 2.70 bits per heavy atom. The Labute approximate surface area is 156 Å². The van der Waals surface area contributed by atoms with Gasteiger partial charge in [0.15, 0.2) is 5.82 Å². The molecule has 2 aromatic heterocycles. The lowest BCUT2D eigenvalue weighted by molar-refractivity contribution is 0.0778. The van der Waals surface area contributed by atoms with E-state index < -0.39 is 6.67 Å². The van der Waals surface area contributed by atoms with Gasteiger partial charge in [0.1, 0.15) is 11.5 Å². The highest BCUT2D eigenvalue weighted by Gasteiger charge is 2.38. The van der Waals surface area contributed by atoms with Crippen LogP contribution in [0.4, 0.5) is 4.39 Å². The third-order valence-electron chi connectivity index (χ3n) is 4.92. The van der Waals surface area contributed by atoms with Gasteiger partial charge in [-0.15, -0.1) is 0 Å². The maximum Gasteiger partial charge on any atom is 0.272 e. The van der Waals surface area contributed by atoms with Crippen LogP contribution in [-0.4, -0.2) is 50.7 Å². The first-order valence-electron chi connectivity index (χ1n) is 8.92. The van der Waals surface area contributed by atoms with Crippen LogP contribution in [0.2, 0.25) is 0 Å². The second-order valence-electron chi connectivity index (χ2n) is 6.81. The zero-order valence-electron chi connectivity index (χ0n) is 15.0. The summed E-state index contributed by atoms with van der Waals surface area (Å²) in [5, 5.41) is 7.20. The molecule has 1 aliphatic heterocycles. The van der Waals surface area contributed by atoms with E-state index in [1.165, 1.54) is 0 Å². The van der Waals surface area contributed by atoms with Crippen molar-refractivity contribution < 1.29 is 9.18 Å². The highest BCUT2D eigenvalue weighted by molar-refractivity contribution is 5.92. The number of aryl methyl sites for hydroxylation is 1. The molecule has 1 N–H and O–H groups in total. The molecule has 3 aromatic rings. The summed E-state index contributed by atoms with van der Waals surface area (Å²) >= 11 is 0. The molecule has 2 atom stereocenters. The van der Waals surface area contributed by atoms with Gasteiger partial charge in [-0.3, -0.25) is 14.3 Å². The first kappa shape index (κ1) is 17.3. The zero-order valence-corrected chi connectivity index (χ0v) is 15.0. The van der Waals surface area contributed by atoms with Gasteiger partial charge in [0.05, 0.1) is 6.67 Å². The summed E-state index contributed by atoms with van der Waals surface area (Å²) in [5.41, 5.74) is 2.06. The second-order valence-corrected chi connectivity index (χ2v) is 6.81. The lowest BCUT2D eigenvalue weighted by atomic mass is 9.97. The Morgan fingerprint density at radius 1 is 1.15 bits per heavy atom. The second kappa shape index (κ2) is 7.26. The van der Waals surface area contributed by atoms with E-state index in [0.717, 1.165) is 11.3 Å². The Morgan fingerprint density at radius 2 is 1.96 bits per heavy atom. The molecule has 3 heterocycles. The van der Waals surface area contributed by atoms with E-state index in [9.17, 15) is 9.18 Å². The summed E-state index contributed by atoms with van der Waals surface area (Å²) in [7, 11) is 0. The predicted octanol–water partition coefficient (Wildman–Crippen LogP) is 3.00. The molecule has 138 valence electrons. The fourth-order valence-corrected chi connectivity index (χ4v) is 3.48. The number of carbonyl (C=O) groups is 1. The van der Waals surface area contributed by atoms with Gasteiger partial charge in [-0.25, -0.2) is 9.97 Å². The minimum atomic E-state index is -0.517. The molecule has 1 amide bonds. The molecule has 1 saturated heterocycles. The van der Waals surface area contributed by atoms with Gasteiger partial charge in [0.25, 0.3) is 5.91 Å². The van der Waals surface area contributed by atoms with Crippen LogP contribution < -0.4 is 0 Å². The molecule has 0 aliphatic carbocycles. The third-order valence-corrected chi connectivity index (χ3v) is 4.92. The first-order chi connectivity index (χ1) is 13.2. The maximum atomic E-state index is 13.7. The standard InChI is InChI=1S/C20H20FN5O/c1-13-6-5-9-17(22-13)20(27)26-11-15(10-21)16(12-26)19-23-18(24-25-19)14-7-3-2-4-8-14/h2-9,15-16H,10-12H2,1H3,(H,23,24,25)/t15-,16-/m1/s1. The fourth-order valence-electron chi connectivity index (χ4n) is 3.48. The number of amides is 1. The number of pyridine rings is 1. The average Bonchev–Trinajstić information content (AvgIpc) is 3.35.